The topological polar surface area (TPSA) is 59.1 Å². The Balaban J connectivity index is 1.19. The van der Waals surface area contributed by atoms with Crippen molar-refractivity contribution in [3.05, 3.63) is 100.0 Å². The standard InChI is InChI=1S/C31H30N2O4S/c1-22-5-4-6-24(19-22)21-33-26-7-2-3-8-27(26)38-28(30(33)35)20-23-9-11-25(12-10-23)29(34)32-15-13-31(14-16-32)36-17-18-37-31/h2-12,19-20H,13-18,21H2,1H3. The fraction of sp³-hybridized carbons (Fsp3) is 0.290. The maximum absolute atomic E-state index is 13.6. The molecule has 0 aromatic heterocycles. The number of rotatable bonds is 4. The Morgan fingerprint density at radius 2 is 1.71 bits per heavy atom. The first-order valence-electron chi connectivity index (χ1n) is 13.0. The van der Waals surface area contributed by atoms with Gasteiger partial charge in [-0.15, -0.1) is 0 Å². The van der Waals surface area contributed by atoms with Gasteiger partial charge in [0.25, 0.3) is 11.8 Å². The van der Waals surface area contributed by atoms with Gasteiger partial charge in [-0.3, -0.25) is 9.59 Å². The van der Waals surface area contributed by atoms with Crippen molar-refractivity contribution < 1.29 is 19.1 Å². The third kappa shape index (κ3) is 5.01. The van der Waals surface area contributed by atoms with Gasteiger partial charge in [-0.05, 0) is 48.4 Å². The molecule has 3 heterocycles. The van der Waals surface area contributed by atoms with Crippen molar-refractivity contribution in [3.8, 4) is 0 Å². The Morgan fingerprint density at radius 3 is 2.45 bits per heavy atom. The van der Waals surface area contributed by atoms with Crippen LogP contribution >= 0.6 is 11.8 Å². The molecule has 0 aliphatic carbocycles. The maximum Gasteiger partial charge on any atom is 0.265 e. The van der Waals surface area contributed by atoms with Crippen LogP contribution in [0.3, 0.4) is 0 Å². The zero-order valence-corrected chi connectivity index (χ0v) is 22.2. The summed E-state index contributed by atoms with van der Waals surface area (Å²) in [6.45, 7) is 5.06. The summed E-state index contributed by atoms with van der Waals surface area (Å²) in [6, 6.07) is 23.8. The summed E-state index contributed by atoms with van der Waals surface area (Å²) < 4.78 is 11.6. The average molecular weight is 527 g/mol. The van der Waals surface area contributed by atoms with Crippen molar-refractivity contribution in [2.75, 3.05) is 31.2 Å². The van der Waals surface area contributed by atoms with Gasteiger partial charge in [0, 0.05) is 36.4 Å². The van der Waals surface area contributed by atoms with Gasteiger partial charge in [0.05, 0.1) is 30.4 Å². The molecular weight excluding hydrogens is 496 g/mol. The molecule has 0 N–H and O–H groups in total. The SMILES string of the molecule is Cc1cccc(CN2C(=O)C(=Cc3ccc(C(=O)N4CCC5(CC4)OCCO5)cc3)Sc3ccccc32)c1. The molecule has 0 unspecified atom stereocenters. The highest BCUT2D eigenvalue weighted by Gasteiger charge is 2.40. The second kappa shape index (κ2) is 10.4. The predicted molar refractivity (Wildman–Crippen MR) is 149 cm³/mol. The molecule has 7 heteroatoms. The number of hydrogen-bond acceptors (Lipinski definition) is 5. The van der Waals surface area contributed by atoms with Crippen molar-refractivity contribution in [1.29, 1.82) is 0 Å². The number of anilines is 1. The summed E-state index contributed by atoms with van der Waals surface area (Å²) in [6.07, 6.45) is 3.31. The van der Waals surface area contributed by atoms with Crippen LogP contribution in [0.5, 0.6) is 0 Å². The zero-order chi connectivity index (χ0) is 26.1. The lowest BCUT2D eigenvalue weighted by Crippen LogP contribution is -2.47. The molecule has 2 saturated heterocycles. The van der Waals surface area contributed by atoms with E-state index < -0.39 is 5.79 Å². The number of benzene rings is 3. The van der Waals surface area contributed by atoms with E-state index in [1.807, 2.05) is 64.4 Å². The molecule has 3 aliphatic heterocycles. The summed E-state index contributed by atoms with van der Waals surface area (Å²) in [4.78, 5) is 32.2. The monoisotopic (exact) mass is 526 g/mol. The summed E-state index contributed by atoms with van der Waals surface area (Å²) >= 11 is 1.49. The van der Waals surface area contributed by atoms with E-state index in [-0.39, 0.29) is 11.8 Å². The van der Waals surface area contributed by atoms with Crippen molar-refractivity contribution >= 4 is 35.3 Å². The number of nitrogens with zero attached hydrogens (tertiary/aromatic N) is 2. The first-order chi connectivity index (χ1) is 18.5. The molecule has 6 rings (SSSR count). The lowest BCUT2D eigenvalue weighted by Gasteiger charge is -2.37. The van der Waals surface area contributed by atoms with Crippen LogP contribution < -0.4 is 4.90 Å². The molecule has 38 heavy (non-hydrogen) atoms. The quantitative estimate of drug-likeness (QED) is 0.411. The third-order valence-electron chi connectivity index (χ3n) is 7.34. The van der Waals surface area contributed by atoms with E-state index in [0.717, 1.165) is 21.7 Å². The van der Waals surface area contributed by atoms with Gasteiger partial charge in [0.1, 0.15) is 0 Å². The van der Waals surface area contributed by atoms with Gasteiger partial charge < -0.3 is 19.3 Å². The molecule has 0 radical (unpaired) electrons. The lowest BCUT2D eigenvalue weighted by molar-refractivity contribution is -0.181. The number of para-hydroxylation sites is 1. The molecular formula is C31H30N2O4S. The third-order valence-corrected chi connectivity index (χ3v) is 8.41. The van der Waals surface area contributed by atoms with Crippen molar-refractivity contribution in [3.63, 3.8) is 0 Å². The second-order valence-corrected chi connectivity index (χ2v) is 11.1. The van der Waals surface area contributed by atoms with E-state index >= 15 is 0 Å². The number of piperidine rings is 1. The van der Waals surface area contributed by atoms with Crippen LogP contribution in [0.15, 0.2) is 82.6 Å². The molecule has 0 atom stereocenters. The minimum atomic E-state index is -0.497. The molecule has 1 spiro atoms. The summed E-state index contributed by atoms with van der Waals surface area (Å²) in [5, 5.41) is 0. The highest BCUT2D eigenvalue weighted by atomic mass is 32.2. The largest absolute Gasteiger partial charge is 0.347 e. The van der Waals surface area contributed by atoms with Gasteiger partial charge >= 0.3 is 0 Å². The Hall–Kier alpha value is -3.39. The number of amides is 2. The smallest absolute Gasteiger partial charge is 0.265 e. The minimum Gasteiger partial charge on any atom is -0.347 e. The van der Waals surface area contributed by atoms with Gasteiger partial charge in [-0.2, -0.15) is 0 Å². The molecule has 2 amide bonds. The number of hydrogen-bond donors (Lipinski definition) is 0. The number of carbonyl (C=O) groups is 2. The molecule has 2 fully saturated rings. The van der Waals surface area contributed by atoms with Crippen LogP contribution in [-0.4, -0.2) is 48.8 Å². The van der Waals surface area contributed by atoms with Crippen LogP contribution in [-0.2, 0) is 20.8 Å². The average Bonchev–Trinajstić information content (AvgIpc) is 3.39. The molecule has 6 nitrogen and oxygen atoms in total. The normalized spacial score (nSPS) is 19.7. The van der Waals surface area contributed by atoms with Crippen LogP contribution in [0, 0.1) is 6.92 Å². The van der Waals surface area contributed by atoms with Gasteiger partial charge in [0.15, 0.2) is 5.79 Å². The Morgan fingerprint density at radius 1 is 0.974 bits per heavy atom. The van der Waals surface area contributed by atoms with Gasteiger partial charge in [-0.25, -0.2) is 0 Å². The maximum atomic E-state index is 13.6. The van der Waals surface area contributed by atoms with E-state index in [1.54, 1.807) is 0 Å². The summed E-state index contributed by atoms with van der Waals surface area (Å²) in [5.74, 6) is -0.504. The van der Waals surface area contributed by atoms with Crippen LogP contribution in [0.25, 0.3) is 6.08 Å². The second-order valence-electron chi connectivity index (χ2n) is 9.98. The van der Waals surface area contributed by atoms with Crippen molar-refractivity contribution in [2.45, 2.75) is 37.0 Å². The number of ether oxygens (including phenoxy) is 2. The van der Waals surface area contributed by atoms with E-state index in [1.165, 1.54) is 17.3 Å². The summed E-state index contributed by atoms with van der Waals surface area (Å²) in [7, 11) is 0. The molecule has 3 aromatic carbocycles. The van der Waals surface area contributed by atoms with E-state index in [2.05, 4.69) is 31.2 Å². The van der Waals surface area contributed by atoms with Crippen molar-refractivity contribution in [1.82, 2.24) is 4.90 Å². The van der Waals surface area contributed by atoms with E-state index in [0.29, 0.717) is 56.2 Å². The van der Waals surface area contributed by atoms with E-state index in [4.69, 9.17) is 9.47 Å². The van der Waals surface area contributed by atoms with Gasteiger partial charge in [0.2, 0.25) is 0 Å². The molecule has 0 bridgehead atoms. The first-order valence-corrected chi connectivity index (χ1v) is 13.8. The molecule has 3 aromatic rings. The van der Waals surface area contributed by atoms with Crippen LogP contribution in [0.1, 0.15) is 39.9 Å². The lowest BCUT2D eigenvalue weighted by atomic mass is 10.0. The first kappa shape index (κ1) is 24.9. The Labute approximate surface area is 227 Å². The van der Waals surface area contributed by atoms with E-state index in [9.17, 15) is 9.59 Å². The number of carbonyl (C=O) groups excluding carboxylic acids is 2. The number of thioether (sulfide) groups is 1. The molecule has 3 aliphatic rings. The molecule has 0 saturated carbocycles. The zero-order valence-electron chi connectivity index (χ0n) is 21.4. The predicted octanol–water partition coefficient (Wildman–Crippen LogP) is 5.65. The highest BCUT2D eigenvalue weighted by molar-refractivity contribution is 8.04. The van der Waals surface area contributed by atoms with Crippen LogP contribution in [0.2, 0.25) is 0 Å². The van der Waals surface area contributed by atoms with Crippen molar-refractivity contribution in [2.24, 2.45) is 0 Å². The van der Waals surface area contributed by atoms with Gasteiger partial charge in [-0.1, -0.05) is 65.9 Å². The Kier molecular flexibility index (Phi) is 6.82. The summed E-state index contributed by atoms with van der Waals surface area (Å²) in [5.41, 5.74) is 4.73. The minimum absolute atomic E-state index is 0.0124. The Bertz CT molecular complexity index is 1380. The highest BCUT2D eigenvalue weighted by Crippen LogP contribution is 2.42. The fourth-order valence-electron chi connectivity index (χ4n) is 5.30. The van der Waals surface area contributed by atoms with Crippen LogP contribution in [0.4, 0.5) is 5.69 Å². The number of aryl methyl sites for hydroxylation is 1. The fourth-order valence-corrected chi connectivity index (χ4v) is 6.36. The number of fused-ring (bicyclic) bond motifs is 1. The number of likely N-dealkylation sites (tertiary alicyclic amines) is 1. The molecule has 194 valence electrons.